The molecular formula is C16H27NOS. The summed E-state index contributed by atoms with van der Waals surface area (Å²) in [5, 5.41) is 0. The highest BCUT2D eigenvalue weighted by molar-refractivity contribution is 7.99. The average Bonchev–Trinajstić information content (AvgIpc) is 2.88. The maximum atomic E-state index is 6.53. The van der Waals surface area contributed by atoms with Crippen molar-refractivity contribution in [1.29, 1.82) is 0 Å². The normalized spacial score (nSPS) is 37.3. The summed E-state index contributed by atoms with van der Waals surface area (Å²) in [4.78, 5) is 0. The van der Waals surface area contributed by atoms with Gasteiger partial charge in [0.2, 0.25) is 0 Å². The first-order valence-electron chi connectivity index (χ1n) is 7.93. The molecule has 3 heteroatoms. The molecule has 3 rings (SSSR count). The monoisotopic (exact) mass is 281 g/mol. The lowest BCUT2D eigenvalue weighted by Gasteiger charge is -2.40. The minimum absolute atomic E-state index is 0.187. The molecule has 2 fully saturated rings. The summed E-state index contributed by atoms with van der Waals surface area (Å²) in [5.74, 6) is 3.14. The molecule has 2 saturated heterocycles. The quantitative estimate of drug-likeness (QED) is 0.804. The van der Waals surface area contributed by atoms with E-state index in [0.29, 0.717) is 12.0 Å². The highest BCUT2D eigenvalue weighted by Crippen LogP contribution is 2.41. The van der Waals surface area contributed by atoms with Gasteiger partial charge < -0.3 is 10.5 Å². The highest BCUT2D eigenvalue weighted by atomic mass is 32.2. The standard InChI is InChI=1S/C16H27NOS/c17-15(10-13-4-2-1-3-5-13)14-6-8-18-16(11-14)7-9-19-12-16/h4,14-15H,1-3,5-12,17H2. The Labute approximate surface area is 121 Å². The Morgan fingerprint density at radius 2 is 2.42 bits per heavy atom. The lowest BCUT2D eigenvalue weighted by atomic mass is 9.79. The zero-order valence-corrected chi connectivity index (χ0v) is 12.7. The van der Waals surface area contributed by atoms with E-state index in [2.05, 4.69) is 17.8 Å². The molecule has 3 unspecified atom stereocenters. The second-order valence-corrected chi connectivity index (χ2v) is 7.67. The third-order valence-electron chi connectivity index (χ3n) is 5.09. The third kappa shape index (κ3) is 3.37. The van der Waals surface area contributed by atoms with E-state index < -0.39 is 0 Å². The maximum Gasteiger partial charge on any atom is 0.0783 e. The first kappa shape index (κ1) is 14.0. The van der Waals surface area contributed by atoms with Gasteiger partial charge in [0, 0.05) is 18.4 Å². The molecule has 0 radical (unpaired) electrons. The topological polar surface area (TPSA) is 35.2 Å². The zero-order valence-electron chi connectivity index (χ0n) is 11.9. The fourth-order valence-corrected chi connectivity index (χ4v) is 5.23. The van der Waals surface area contributed by atoms with Gasteiger partial charge >= 0.3 is 0 Å². The lowest BCUT2D eigenvalue weighted by molar-refractivity contribution is -0.0831. The minimum Gasteiger partial charge on any atom is -0.374 e. The molecule has 2 aliphatic heterocycles. The summed E-state index contributed by atoms with van der Waals surface area (Å²) >= 11 is 2.05. The first-order valence-corrected chi connectivity index (χ1v) is 9.08. The van der Waals surface area contributed by atoms with Crippen LogP contribution in [0.2, 0.25) is 0 Å². The van der Waals surface area contributed by atoms with Crippen molar-refractivity contribution in [2.75, 3.05) is 18.1 Å². The van der Waals surface area contributed by atoms with Gasteiger partial charge in [-0.1, -0.05) is 11.6 Å². The Kier molecular flexibility index (Phi) is 4.55. The minimum atomic E-state index is 0.187. The van der Waals surface area contributed by atoms with Crippen molar-refractivity contribution in [3.8, 4) is 0 Å². The van der Waals surface area contributed by atoms with Crippen LogP contribution in [-0.2, 0) is 4.74 Å². The fourth-order valence-electron chi connectivity index (χ4n) is 3.85. The van der Waals surface area contributed by atoms with E-state index in [-0.39, 0.29) is 5.60 Å². The van der Waals surface area contributed by atoms with Crippen LogP contribution in [0.3, 0.4) is 0 Å². The van der Waals surface area contributed by atoms with Gasteiger partial charge in [-0.25, -0.2) is 0 Å². The highest BCUT2D eigenvalue weighted by Gasteiger charge is 2.41. The van der Waals surface area contributed by atoms with Crippen molar-refractivity contribution in [2.45, 2.75) is 63.0 Å². The van der Waals surface area contributed by atoms with E-state index in [9.17, 15) is 0 Å². The predicted octanol–water partition coefficient (Wildman–Crippen LogP) is 3.51. The van der Waals surface area contributed by atoms with Crippen LogP contribution in [0.25, 0.3) is 0 Å². The van der Waals surface area contributed by atoms with Crippen molar-refractivity contribution < 1.29 is 4.74 Å². The van der Waals surface area contributed by atoms with Crippen LogP contribution in [0.15, 0.2) is 11.6 Å². The van der Waals surface area contributed by atoms with Gasteiger partial charge in [-0.3, -0.25) is 0 Å². The van der Waals surface area contributed by atoms with E-state index in [1.807, 2.05) is 0 Å². The van der Waals surface area contributed by atoms with E-state index in [0.717, 1.165) is 13.0 Å². The van der Waals surface area contributed by atoms with E-state index in [4.69, 9.17) is 10.5 Å². The van der Waals surface area contributed by atoms with Gasteiger partial charge in [-0.2, -0.15) is 11.8 Å². The first-order chi connectivity index (χ1) is 9.27. The number of hydrogen-bond donors (Lipinski definition) is 1. The number of allylic oxidation sites excluding steroid dienone is 1. The summed E-state index contributed by atoms with van der Waals surface area (Å²) in [7, 11) is 0. The van der Waals surface area contributed by atoms with Crippen LogP contribution in [-0.4, -0.2) is 29.8 Å². The van der Waals surface area contributed by atoms with Gasteiger partial charge in [-0.15, -0.1) is 0 Å². The van der Waals surface area contributed by atoms with Crippen molar-refractivity contribution in [2.24, 2.45) is 11.7 Å². The van der Waals surface area contributed by atoms with Crippen LogP contribution in [0.1, 0.15) is 51.4 Å². The summed E-state index contributed by atoms with van der Waals surface area (Å²) in [5.41, 5.74) is 8.34. The molecule has 3 aliphatic rings. The average molecular weight is 281 g/mol. The largest absolute Gasteiger partial charge is 0.374 e. The SMILES string of the molecule is NC(CC1=CCCCC1)C1CCOC2(CCSC2)C1. The Morgan fingerprint density at radius 1 is 1.47 bits per heavy atom. The van der Waals surface area contributed by atoms with Gasteiger partial charge in [-0.05, 0) is 63.0 Å². The molecule has 2 N–H and O–H groups in total. The van der Waals surface area contributed by atoms with Crippen molar-refractivity contribution in [1.82, 2.24) is 0 Å². The smallest absolute Gasteiger partial charge is 0.0783 e. The molecular weight excluding hydrogens is 254 g/mol. The van der Waals surface area contributed by atoms with Gasteiger partial charge in [0.1, 0.15) is 0 Å². The zero-order chi connectivity index (χ0) is 13.1. The van der Waals surface area contributed by atoms with E-state index in [1.54, 1.807) is 5.57 Å². The second-order valence-electron chi connectivity index (χ2n) is 6.56. The van der Waals surface area contributed by atoms with E-state index >= 15 is 0 Å². The van der Waals surface area contributed by atoms with Crippen molar-refractivity contribution >= 4 is 11.8 Å². The lowest BCUT2D eigenvalue weighted by Crippen LogP contribution is -2.45. The number of nitrogens with two attached hydrogens (primary N) is 1. The Hall–Kier alpha value is 0.01000. The van der Waals surface area contributed by atoms with Crippen LogP contribution < -0.4 is 5.73 Å². The number of hydrogen-bond acceptors (Lipinski definition) is 3. The van der Waals surface area contributed by atoms with Crippen LogP contribution in [0, 0.1) is 5.92 Å². The molecule has 1 spiro atoms. The summed E-state index contributed by atoms with van der Waals surface area (Å²) in [6, 6.07) is 0.357. The van der Waals surface area contributed by atoms with Gasteiger partial charge in [0.15, 0.2) is 0 Å². The molecule has 108 valence electrons. The molecule has 0 aromatic heterocycles. The predicted molar refractivity (Wildman–Crippen MR) is 82.5 cm³/mol. The molecule has 3 atom stereocenters. The van der Waals surface area contributed by atoms with Crippen molar-refractivity contribution in [3.05, 3.63) is 11.6 Å². The molecule has 2 heterocycles. The maximum absolute atomic E-state index is 6.53. The van der Waals surface area contributed by atoms with Gasteiger partial charge in [0.25, 0.3) is 0 Å². The summed E-state index contributed by atoms with van der Waals surface area (Å²) < 4.78 is 6.11. The van der Waals surface area contributed by atoms with E-state index in [1.165, 1.54) is 56.5 Å². The fraction of sp³-hybridized carbons (Fsp3) is 0.875. The number of ether oxygens (including phenoxy) is 1. The second kappa shape index (κ2) is 6.19. The molecule has 1 aliphatic carbocycles. The number of rotatable bonds is 3. The molecule has 19 heavy (non-hydrogen) atoms. The summed E-state index contributed by atoms with van der Waals surface area (Å²) in [6.45, 7) is 0.929. The molecule has 0 aromatic rings. The molecule has 0 saturated carbocycles. The third-order valence-corrected chi connectivity index (χ3v) is 6.31. The van der Waals surface area contributed by atoms with Crippen LogP contribution in [0.5, 0.6) is 0 Å². The Morgan fingerprint density at radius 3 is 3.16 bits per heavy atom. The number of thioether (sulfide) groups is 1. The van der Waals surface area contributed by atoms with Gasteiger partial charge in [0.05, 0.1) is 5.60 Å². The molecule has 0 aromatic carbocycles. The summed E-state index contributed by atoms with van der Waals surface area (Å²) in [6.07, 6.45) is 12.5. The Balaban J connectivity index is 1.56. The van der Waals surface area contributed by atoms with Crippen molar-refractivity contribution in [3.63, 3.8) is 0 Å². The molecule has 0 amide bonds. The molecule has 2 nitrogen and oxygen atoms in total. The Bertz CT molecular complexity index is 336. The van der Waals surface area contributed by atoms with Crippen LogP contribution in [0.4, 0.5) is 0 Å². The molecule has 0 bridgehead atoms. The van der Waals surface area contributed by atoms with Crippen LogP contribution >= 0.6 is 11.8 Å².